The van der Waals surface area contributed by atoms with Crippen molar-refractivity contribution in [2.24, 2.45) is 0 Å². The second kappa shape index (κ2) is 8.13. The van der Waals surface area contributed by atoms with Crippen LogP contribution in [0.25, 0.3) is 0 Å². The van der Waals surface area contributed by atoms with E-state index >= 15 is 0 Å². The van der Waals surface area contributed by atoms with E-state index in [1.165, 1.54) is 4.31 Å². The molecule has 0 bridgehead atoms. The summed E-state index contributed by atoms with van der Waals surface area (Å²) < 4.78 is 32.2. The van der Waals surface area contributed by atoms with Crippen molar-refractivity contribution in [3.8, 4) is 0 Å². The average molecular weight is 392 g/mol. The molecule has 0 aliphatic carbocycles. The van der Waals surface area contributed by atoms with E-state index in [-0.39, 0.29) is 4.90 Å². The van der Waals surface area contributed by atoms with Gasteiger partial charge in [-0.15, -0.1) is 0 Å². The van der Waals surface area contributed by atoms with Gasteiger partial charge in [0.15, 0.2) is 5.11 Å². The minimum Gasteiger partial charge on any atom is -0.379 e. The average Bonchev–Trinajstić information content (AvgIpc) is 2.64. The molecular weight excluding hydrogens is 370 g/mol. The smallest absolute Gasteiger partial charge is 0.243 e. The van der Waals surface area contributed by atoms with Crippen molar-refractivity contribution in [3.05, 3.63) is 54.1 Å². The van der Waals surface area contributed by atoms with Gasteiger partial charge in [-0.1, -0.05) is 24.3 Å². The minimum absolute atomic E-state index is 0.239. The zero-order valence-electron chi connectivity index (χ0n) is 14.4. The summed E-state index contributed by atoms with van der Waals surface area (Å²) in [5.41, 5.74) is 2.59. The zero-order chi connectivity index (χ0) is 18.6. The first-order valence-electron chi connectivity index (χ1n) is 8.28. The summed E-state index contributed by atoms with van der Waals surface area (Å²) >= 11 is 5.34. The highest BCUT2D eigenvalue weighted by molar-refractivity contribution is 7.89. The molecule has 2 aromatic carbocycles. The molecule has 0 aromatic heterocycles. The van der Waals surface area contributed by atoms with Crippen LogP contribution in [0.15, 0.2) is 53.4 Å². The SMILES string of the molecule is Cc1ccccc1NC(=S)Nc1cccc(S(=O)(=O)N2CCOCC2)c1. The first-order valence-corrected chi connectivity index (χ1v) is 10.1. The summed E-state index contributed by atoms with van der Waals surface area (Å²) in [5.74, 6) is 0. The van der Waals surface area contributed by atoms with Gasteiger partial charge in [-0.05, 0) is 49.0 Å². The van der Waals surface area contributed by atoms with Crippen LogP contribution in [-0.2, 0) is 14.8 Å². The van der Waals surface area contributed by atoms with E-state index in [1.807, 2.05) is 31.2 Å². The molecule has 1 heterocycles. The summed E-state index contributed by atoms with van der Waals surface area (Å²) in [6, 6.07) is 14.5. The Labute approximate surface area is 159 Å². The molecule has 26 heavy (non-hydrogen) atoms. The van der Waals surface area contributed by atoms with Crippen LogP contribution >= 0.6 is 12.2 Å². The minimum atomic E-state index is -3.54. The number of morpholine rings is 1. The van der Waals surface area contributed by atoms with Gasteiger partial charge in [-0.25, -0.2) is 8.42 Å². The number of hydrogen-bond donors (Lipinski definition) is 2. The van der Waals surface area contributed by atoms with Crippen LogP contribution < -0.4 is 10.6 Å². The molecule has 2 aromatic rings. The lowest BCUT2D eigenvalue weighted by molar-refractivity contribution is 0.0730. The van der Waals surface area contributed by atoms with Crippen molar-refractivity contribution in [2.75, 3.05) is 36.9 Å². The Morgan fingerprint density at radius 3 is 2.54 bits per heavy atom. The molecule has 0 atom stereocenters. The number of aryl methyl sites for hydroxylation is 1. The second-order valence-corrected chi connectivity index (χ2v) is 8.28. The molecule has 8 heteroatoms. The lowest BCUT2D eigenvalue weighted by atomic mass is 10.2. The van der Waals surface area contributed by atoms with E-state index in [0.717, 1.165) is 11.3 Å². The number of nitrogens with zero attached hydrogens (tertiary/aromatic N) is 1. The van der Waals surface area contributed by atoms with Crippen molar-refractivity contribution in [1.82, 2.24) is 4.31 Å². The third kappa shape index (κ3) is 4.39. The van der Waals surface area contributed by atoms with Gasteiger partial charge >= 0.3 is 0 Å². The predicted molar refractivity (Wildman–Crippen MR) is 107 cm³/mol. The van der Waals surface area contributed by atoms with Crippen LogP contribution in [0.2, 0.25) is 0 Å². The third-order valence-electron chi connectivity index (χ3n) is 4.09. The number of sulfonamides is 1. The number of rotatable bonds is 4. The number of hydrogen-bond acceptors (Lipinski definition) is 4. The molecule has 0 radical (unpaired) electrons. The Balaban J connectivity index is 1.73. The van der Waals surface area contributed by atoms with Crippen molar-refractivity contribution in [2.45, 2.75) is 11.8 Å². The predicted octanol–water partition coefficient (Wildman–Crippen LogP) is 2.82. The lowest BCUT2D eigenvalue weighted by Gasteiger charge is -2.26. The molecule has 6 nitrogen and oxygen atoms in total. The van der Waals surface area contributed by atoms with Crippen molar-refractivity contribution in [1.29, 1.82) is 0 Å². The molecule has 0 spiro atoms. The summed E-state index contributed by atoms with van der Waals surface area (Å²) in [5, 5.41) is 6.57. The Morgan fingerprint density at radius 1 is 1.08 bits per heavy atom. The first kappa shape index (κ1) is 18.8. The van der Waals surface area contributed by atoms with Gasteiger partial charge in [0.25, 0.3) is 0 Å². The maximum absolute atomic E-state index is 12.8. The van der Waals surface area contributed by atoms with Gasteiger partial charge in [-0.3, -0.25) is 0 Å². The highest BCUT2D eigenvalue weighted by atomic mass is 32.2. The van der Waals surface area contributed by atoms with E-state index < -0.39 is 10.0 Å². The van der Waals surface area contributed by atoms with Crippen molar-refractivity contribution < 1.29 is 13.2 Å². The normalized spacial score (nSPS) is 15.4. The topological polar surface area (TPSA) is 70.7 Å². The number of thiocarbonyl (C=S) groups is 1. The maximum Gasteiger partial charge on any atom is 0.243 e. The Hall–Kier alpha value is -2.00. The molecule has 3 rings (SSSR count). The fourth-order valence-electron chi connectivity index (χ4n) is 2.67. The van der Waals surface area contributed by atoms with Crippen LogP contribution in [0.4, 0.5) is 11.4 Å². The molecule has 1 aliphatic heterocycles. The number of anilines is 2. The van der Waals surface area contributed by atoms with E-state index in [9.17, 15) is 8.42 Å². The van der Waals surface area contributed by atoms with Gasteiger partial charge in [0.05, 0.1) is 18.1 Å². The van der Waals surface area contributed by atoms with E-state index in [0.29, 0.717) is 37.1 Å². The summed E-state index contributed by atoms with van der Waals surface area (Å²) in [6.07, 6.45) is 0. The maximum atomic E-state index is 12.8. The molecule has 0 amide bonds. The summed E-state index contributed by atoms with van der Waals surface area (Å²) in [6.45, 7) is 3.56. The Bertz CT molecular complexity index is 894. The zero-order valence-corrected chi connectivity index (χ0v) is 16.1. The largest absolute Gasteiger partial charge is 0.379 e. The quantitative estimate of drug-likeness (QED) is 0.781. The van der Waals surface area contributed by atoms with Gasteiger partial charge < -0.3 is 15.4 Å². The number of nitrogens with one attached hydrogen (secondary N) is 2. The van der Waals surface area contributed by atoms with Crippen LogP contribution in [0.3, 0.4) is 0 Å². The number of para-hydroxylation sites is 1. The molecule has 138 valence electrons. The van der Waals surface area contributed by atoms with Crippen LogP contribution in [0.5, 0.6) is 0 Å². The lowest BCUT2D eigenvalue weighted by Crippen LogP contribution is -2.40. The molecular formula is C18H21N3O3S2. The Morgan fingerprint density at radius 2 is 1.81 bits per heavy atom. The Kier molecular flexibility index (Phi) is 5.87. The fraction of sp³-hybridized carbons (Fsp3) is 0.278. The van der Waals surface area contributed by atoms with Crippen LogP contribution in [0.1, 0.15) is 5.56 Å². The van der Waals surface area contributed by atoms with E-state index in [1.54, 1.807) is 24.3 Å². The number of benzene rings is 2. The third-order valence-corrected chi connectivity index (χ3v) is 6.19. The highest BCUT2D eigenvalue weighted by Crippen LogP contribution is 2.21. The van der Waals surface area contributed by atoms with Gasteiger partial charge in [0, 0.05) is 24.5 Å². The van der Waals surface area contributed by atoms with Crippen LogP contribution in [-0.4, -0.2) is 44.1 Å². The van der Waals surface area contributed by atoms with E-state index in [2.05, 4.69) is 10.6 Å². The molecule has 2 N–H and O–H groups in total. The van der Waals surface area contributed by atoms with Crippen molar-refractivity contribution >= 4 is 38.7 Å². The molecule has 1 fully saturated rings. The monoisotopic (exact) mass is 391 g/mol. The first-order chi connectivity index (χ1) is 12.5. The van der Waals surface area contributed by atoms with Crippen molar-refractivity contribution in [3.63, 3.8) is 0 Å². The van der Waals surface area contributed by atoms with Gasteiger partial charge in [0.2, 0.25) is 10.0 Å². The summed E-state index contributed by atoms with van der Waals surface area (Å²) in [4.78, 5) is 0.239. The number of ether oxygens (including phenoxy) is 1. The standard InChI is InChI=1S/C18H21N3O3S2/c1-14-5-2-3-8-17(14)20-18(25)19-15-6-4-7-16(13-15)26(22,23)21-9-11-24-12-10-21/h2-8,13H,9-12H2,1H3,(H2,19,20,25). The molecule has 1 saturated heterocycles. The molecule has 0 saturated carbocycles. The molecule has 0 unspecified atom stereocenters. The van der Waals surface area contributed by atoms with Gasteiger partial charge in [-0.2, -0.15) is 4.31 Å². The van der Waals surface area contributed by atoms with E-state index in [4.69, 9.17) is 17.0 Å². The second-order valence-electron chi connectivity index (χ2n) is 5.94. The summed E-state index contributed by atoms with van der Waals surface area (Å²) in [7, 11) is -3.54. The highest BCUT2D eigenvalue weighted by Gasteiger charge is 2.26. The molecule has 1 aliphatic rings. The van der Waals surface area contributed by atoms with Gasteiger partial charge in [0.1, 0.15) is 0 Å². The fourth-order valence-corrected chi connectivity index (χ4v) is 4.35. The van der Waals surface area contributed by atoms with Crippen LogP contribution in [0, 0.1) is 6.92 Å².